The summed E-state index contributed by atoms with van der Waals surface area (Å²) in [5.41, 5.74) is 3.32. The minimum absolute atomic E-state index is 0.661. The van der Waals surface area contributed by atoms with Gasteiger partial charge in [0.2, 0.25) is 0 Å². The van der Waals surface area contributed by atoms with Crippen molar-refractivity contribution in [1.82, 2.24) is 15.5 Å². The Kier molecular flexibility index (Phi) is 4.05. The number of aromatic amines is 1. The summed E-state index contributed by atoms with van der Waals surface area (Å²) >= 11 is 11.9. The molecule has 5 heteroatoms. The van der Waals surface area contributed by atoms with Crippen molar-refractivity contribution >= 4 is 23.2 Å². The Hall–Kier alpha value is -1.03. The predicted molar refractivity (Wildman–Crippen MR) is 70.3 cm³/mol. The molecule has 17 heavy (non-hydrogen) atoms. The summed E-state index contributed by atoms with van der Waals surface area (Å²) in [6.07, 6.45) is 1.83. The van der Waals surface area contributed by atoms with Gasteiger partial charge in [0.15, 0.2) is 0 Å². The van der Waals surface area contributed by atoms with E-state index in [0.717, 1.165) is 29.9 Å². The van der Waals surface area contributed by atoms with E-state index in [2.05, 4.69) is 15.5 Å². The van der Waals surface area contributed by atoms with Gasteiger partial charge >= 0.3 is 0 Å². The smallest absolute Gasteiger partial charge is 0.0535 e. The first kappa shape index (κ1) is 12.4. The molecule has 0 amide bonds. The first-order valence-electron chi connectivity index (χ1n) is 5.29. The van der Waals surface area contributed by atoms with Crippen LogP contribution < -0.4 is 5.32 Å². The Morgan fingerprint density at radius 1 is 1.18 bits per heavy atom. The van der Waals surface area contributed by atoms with E-state index in [-0.39, 0.29) is 0 Å². The highest BCUT2D eigenvalue weighted by Gasteiger charge is 2.01. The number of hydrogen-bond acceptors (Lipinski definition) is 2. The number of aromatic nitrogens is 2. The van der Waals surface area contributed by atoms with E-state index >= 15 is 0 Å². The lowest BCUT2D eigenvalue weighted by atomic mass is 10.2. The SMILES string of the molecule is Cc1[nH]ncc1CNCc1cc(Cl)cc(Cl)c1. The van der Waals surface area contributed by atoms with Gasteiger partial charge in [-0.2, -0.15) is 5.10 Å². The third kappa shape index (κ3) is 3.46. The van der Waals surface area contributed by atoms with Crippen molar-refractivity contribution in [2.75, 3.05) is 0 Å². The molecular formula is C12H13Cl2N3. The van der Waals surface area contributed by atoms with E-state index in [4.69, 9.17) is 23.2 Å². The van der Waals surface area contributed by atoms with E-state index in [1.54, 1.807) is 6.07 Å². The molecule has 0 bridgehead atoms. The number of aryl methyl sites for hydroxylation is 1. The van der Waals surface area contributed by atoms with Gasteiger partial charge in [-0.15, -0.1) is 0 Å². The van der Waals surface area contributed by atoms with Crippen molar-refractivity contribution in [3.8, 4) is 0 Å². The Morgan fingerprint density at radius 3 is 2.47 bits per heavy atom. The summed E-state index contributed by atoms with van der Waals surface area (Å²) < 4.78 is 0. The van der Waals surface area contributed by atoms with E-state index in [1.165, 1.54) is 0 Å². The molecule has 0 spiro atoms. The Morgan fingerprint density at radius 2 is 1.88 bits per heavy atom. The fourth-order valence-electron chi connectivity index (χ4n) is 1.61. The van der Waals surface area contributed by atoms with E-state index < -0.39 is 0 Å². The van der Waals surface area contributed by atoms with Crippen LogP contribution in [0.25, 0.3) is 0 Å². The van der Waals surface area contributed by atoms with Crippen LogP contribution in [0.5, 0.6) is 0 Å². The largest absolute Gasteiger partial charge is 0.308 e. The predicted octanol–water partition coefficient (Wildman–Crippen LogP) is 3.31. The maximum Gasteiger partial charge on any atom is 0.0535 e. The number of H-pyrrole nitrogens is 1. The zero-order valence-corrected chi connectivity index (χ0v) is 10.9. The third-order valence-corrected chi connectivity index (χ3v) is 2.94. The molecule has 0 aliphatic carbocycles. The average molecular weight is 270 g/mol. The maximum absolute atomic E-state index is 5.93. The van der Waals surface area contributed by atoms with Crippen LogP contribution in [0.15, 0.2) is 24.4 Å². The maximum atomic E-state index is 5.93. The van der Waals surface area contributed by atoms with Gasteiger partial charge in [0.05, 0.1) is 6.20 Å². The van der Waals surface area contributed by atoms with Crippen LogP contribution in [-0.2, 0) is 13.1 Å². The molecule has 0 aliphatic heterocycles. The zero-order chi connectivity index (χ0) is 12.3. The molecule has 2 rings (SSSR count). The summed E-state index contributed by atoms with van der Waals surface area (Å²) in [4.78, 5) is 0. The molecule has 0 unspecified atom stereocenters. The van der Waals surface area contributed by atoms with Gasteiger partial charge < -0.3 is 5.32 Å². The number of nitrogens with zero attached hydrogens (tertiary/aromatic N) is 1. The summed E-state index contributed by atoms with van der Waals surface area (Å²) in [7, 11) is 0. The fraction of sp³-hybridized carbons (Fsp3) is 0.250. The van der Waals surface area contributed by atoms with E-state index in [9.17, 15) is 0 Å². The molecule has 2 N–H and O–H groups in total. The topological polar surface area (TPSA) is 40.7 Å². The Labute approximate surface area is 110 Å². The zero-order valence-electron chi connectivity index (χ0n) is 9.43. The highest BCUT2D eigenvalue weighted by molar-refractivity contribution is 6.34. The number of hydrogen-bond donors (Lipinski definition) is 2. The second-order valence-corrected chi connectivity index (χ2v) is 4.77. The average Bonchev–Trinajstić information content (AvgIpc) is 2.63. The molecule has 1 heterocycles. The van der Waals surface area contributed by atoms with Gasteiger partial charge in [-0.25, -0.2) is 0 Å². The van der Waals surface area contributed by atoms with Crippen molar-refractivity contribution in [3.05, 3.63) is 51.3 Å². The molecule has 0 atom stereocenters. The summed E-state index contributed by atoms with van der Waals surface area (Å²) in [6, 6.07) is 5.54. The van der Waals surface area contributed by atoms with Crippen LogP contribution in [0.1, 0.15) is 16.8 Å². The highest BCUT2D eigenvalue weighted by atomic mass is 35.5. The molecule has 0 fully saturated rings. The quantitative estimate of drug-likeness (QED) is 0.894. The van der Waals surface area contributed by atoms with Crippen molar-refractivity contribution in [3.63, 3.8) is 0 Å². The molecule has 1 aromatic carbocycles. The third-order valence-electron chi connectivity index (χ3n) is 2.50. The lowest BCUT2D eigenvalue weighted by Gasteiger charge is -2.05. The van der Waals surface area contributed by atoms with Crippen LogP contribution in [-0.4, -0.2) is 10.2 Å². The molecule has 0 aliphatic rings. The highest BCUT2D eigenvalue weighted by Crippen LogP contribution is 2.18. The van der Waals surface area contributed by atoms with E-state index in [1.807, 2.05) is 25.3 Å². The minimum Gasteiger partial charge on any atom is -0.308 e. The summed E-state index contributed by atoms with van der Waals surface area (Å²) in [5.74, 6) is 0. The van der Waals surface area contributed by atoms with Crippen LogP contribution in [0.3, 0.4) is 0 Å². The lowest BCUT2D eigenvalue weighted by Crippen LogP contribution is -2.12. The first-order chi connectivity index (χ1) is 8.15. The van der Waals surface area contributed by atoms with E-state index in [0.29, 0.717) is 10.0 Å². The number of benzene rings is 1. The number of rotatable bonds is 4. The monoisotopic (exact) mass is 269 g/mol. The van der Waals surface area contributed by atoms with Crippen molar-refractivity contribution in [1.29, 1.82) is 0 Å². The lowest BCUT2D eigenvalue weighted by molar-refractivity contribution is 0.691. The first-order valence-corrected chi connectivity index (χ1v) is 6.05. The standard InChI is InChI=1S/C12H13Cl2N3/c1-8-10(7-16-17-8)6-15-5-9-2-11(13)4-12(14)3-9/h2-4,7,15H,5-6H2,1H3,(H,16,17). The molecule has 0 saturated heterocycles. The van der Waals surface area contributed by atoms with Crippen LogP contribution in [0, 0.1) is 6.92 Å². The molecule has 0 saturated carbocycles. The van der Waals surface area contributed by atoms with Crippen LogP contribution in [0.4, 0.5) is 0 Å². The normalized spacial score (nSPS) is 10.8. The summed E-state index contributed by atoms with van der Waals surface area (Å²) in [6.45, 7) is 3.50. The van der Waals surface area contributed by atoms with Crippen LogP contribution in [0.2, 0.25) is 10.0 Å². The molecule has 90 valence electrons. The van der Waals surface area contributed by atoms with Crippen molar-refractivity contribution < 1.29 is 0 Å². The fourth-order valence-corrected chi connectivity index (χ4v) is 2.18. The minimum atomic E-state index is 0.661. The van der Waals surface area contributed by atoms with Crippen molar-refractivity contribution in [2.24, 2.45) is 0 Å². The van der Waals surface area contributed by atoms with Gasteiger partial charge in [-0.05, 0) is 30.7 Å². The summed E-state index contributed by atoms with van der Waals surface area (Å²) in [5, 5.41) is 11.5. The van der Waals surface area contributed by atoms with Gasteiger partial charge in [-0.1, -0.05) is 23.2 Å². The van der Waals surface area contributed by atoms with Gasteiger partial charge in [-0.3, -0.25) is 5.10 Å². The Bertz CT molecular complexity index is 488. The van der Waals surface area contributed by atoms with Crippen LogP contribution >= 0.6 is 23.2 Å². The van der Waals surface area contributed by atoms with Crippen molar-refractivity contribution in [2.45, 2.75) is 20.0 Å². The van der Waals surface area contributed by atoms with Gasteiger partial charge in [0, 0.05) is 34.4 Å². The number of nitrogens with one attached hydrogen (secondary N) is 2. The second-order valence-electron chi connectivity index (χ2n) is 3.90. The Balaban J connectivity index is 1.92. The molecular weight excluding hydrogens is 257 g/mol. The second kappa shape index (κ2) is 5.54. The molecule has 2 aromatic rings. The molecule has 1 aromatic heterocycles. The van der Waals surface area contributed by atoms with Gasteiger partial charge in [0.25, 0.3) is 0 Å². The molecule has 3 nitrogen and oxygen atoms in total. The van der Waals surface area contributed by atoms with Gasteiger partial charge in [0.1, 0.15) is 0 Å². The molecule has 0 radical (unpaired) electrons. The number of halogens is 2.